The van der Waals surface area contributed by atoms with Gasteiger partial charge >= 0.3 is 0 Å². The highest BCUT2D eigenvalue weighted by atomic mass is 15.1. The number of nitrogens with zero attached hydrogens (tertiary/aromatic N) is 3. The van der Waals surface area contributed by atoms with Gasteiger partial charge in [0.05, 0.1) is 6.20 Å². The topological polar surface area (TPSA) is 68.2 Å². The Morgan fingerprint density at radius 3 is 3.11 bits per heavy atom. The van der Waals surface area contributed by atoms with Crippen molar-refractivity contribution in [2.45, 2.75) is 13.3 Å². The molecular weight excluding hydrogens is 238 g/mol. The summed E-state index contributed by atoms with van der Waals surface area (Å²) >= 11 is 0. The molecule has 3 N–H and O–H groups in total. The quantitative estimate of drug-likeness (QED) is 0.753. The Labute approximate surface area is 111 Å². The van der Waals surface area contributed by atoms with E-state index in [4.69, 9.17) is 5.73 Å². The fraction of sp³-hybridized carbons (Fsp3) is 0.143. The van der Waals surface area contributed by atoms with E-state index in [-0.39, 0.29) is 0 Å². The van der Waals surface area contributed by atoms with Gasteiger partial charge in [0, 0.05) is 18.1 Å². The fourth-order valence-corrected chi connectivity index (χ4v) is 2.04. The lowest BCUT2D eigenvalue weighted by Crippen LogP contribution is -2.02. The molecule has 1 aromatic carbocycles. The molecule has 0 saturated heterocycles. The molecule has 0 aliphatic heterocycles. The summed E-state index contributed by atoms with van der Waals surface area (Å²) in [5.41, 5.74) is 8.81. The zero-order valence-corrected chi connectivity index (χ0v) is 10.7. The first-order valence-corrected chi connectivity index (χ1v) is 6.21. The van der Waals surface area contributed by atoms with E-state index in [1.165, 1.54) is 5.56 Å². The lowest BCUT2D eigenvalue weighted by Gasteiger charge is -2.09. The van der Waals surface area contributed by atoms with E-state index in [1.54, 1.807) is 12.4 Å². The van der Waals surface area contributed by atoms with Gasteiger partial charge in [-0.3, -0.25) is 0 Å². The van der Waals surface area contributed by atoms with Crippen LogP contribution in [0.3, 0.4) is 0 Å². The molecule has 3 aromatic rings. The number of anilines is 3. The number of fused-ring (bicyclic) bond motifs is 1. The second-order valence-corrected chi connectivity index (χ2v) is 4.35. The second kappa shape index (κ2) is 4.61. The van der Waals surface area contributed by atoms with Crippen LogP contribution in [-0.4, -0.2) is 14.4 Å². The molecular formula is C14H15N5. The number of nitrogen functional groups attached to an aromatic ring is 1. The number of aromatic nitrogens is 3. The van der Waals surface area contributed by atoms with Gasteiger partial charge in [0.1, 0.15) is 5.82 Å². The predicted molar refractivity (Wildman–Crippen MR) is 76.5 cm³/mol. The standard InChI is InChI=1S/C14H15N5/c1-2-10-4-3-5-11(8-10)17-13-14-16-6-7-19(14)9-12(15)18-13/h3-9H,2,15H2,1H3,(H,17,18). The van der Waals surface area contributed by atoms with Crippen LogP contribution in [0.15, 0.2) is 42.9 Å². The molecule has 0 saturated carbocycles. The third kappa shape index (κ3) is 2.22. The van der Waals surface area contributed by atoms with Crippen LogP contribution in [-0.2, 0) is 6.42 Å². The number of aryl methyl sites for hydroxylation is 1. The van der Waals surface area contributed by atoms with E-state index in [2.05, 4.69) is 34.3 Å². The normalized spacial score (nSPS) is 10.8. The number of hydrogen-bond acceptors (Lipinski definition) is 4. The molecule has 0 bridgehead atoms. The Balaban J connectivity index is 2.02. The molecule has 3 rings (SSSR count). The molecule has 5 heteroatoms. The second-order valence-electron chi connectivity index (χ2n) is 4.35. The van der Waals surface area contributed by atoms with Crippen molar-refractivity contribution in [2.75, 3.05) is 11.1 Å². The van der Waals surface area contributed by atoms with Crippen molar-refractivity contribution in [2.24, 2.45) is 0 Å². The Morgan fingerprint density at radius 1 is 1.37 bits per heavy atom. The zero-order chi connectivity index (χ0) is 13.2. The zero-order valence-electron chi connectivity index (χ0n) is 10.7. The molecule has 2 heterocycles. The van der Waals surface area contributed by atoms with Crippen molar-refractivity contribution in [1.29, 1.82) is 0 Å². The Morgan fingerprint density at radius 2 is 2.26 bits per heavy atom. The lowest BCUT2D eigenvalue weighted by atomic mass is 10.1. The van der Waals surface area contributed by atoms with Crippen LogP contribution in [0.2, 0.25) is 0 Å². The van der Waals surface area contributed by atoms with Gasteiger partial charge in [-0.2, -0.15) is 0 Å². The Bertz CT molecular complexity index is 717. The molecule has 2 aromatic heterocycles. The maximum atomic E-state index is 5.79. The minimum absolute atomic E-state index is 0.458. The number of rotatable bonds is 3. The van der Waals surface area contributed by atoms with E-state index in [1.807, 2.05) is 22.7 Å². The van der Waals surface area contributed by atoms with Crippen LogP contribution in [0.1, 0.15) is 12.5 Å². The summed E-state index contributed by atoms with van der Waals surface area (Å²) < 4.78 is 1.86. The van der Waals surface area contributed by atoms with E-state index < -0.39 is 0 Å². The van der Waals surface area contributed by atoms with Gasteiger partial charge in [-0.05, 0) is 24.1 Å². The number of nitrogens with two attached hydrogens (primary N) is 1. The number of imidazole rings is 1. The summed E-state index contributed by atoms with van der Waals surface area (Å²) in [4.78, 5) is 8.59. The van der Waals surface area contributed by atoms with Gasteiger partial charge in [-0.25, -0.2) is 9.97 Å². The molecule has 0 spiro atoms. The Kier molecular flexibility index (Phi) is 2.79. The smallest absolute Gasteiger partial charge is 0.180 e. The van der Waals surface area contributed by atoms with Gasteiger partial charge in [0.2, 0.25) is 0 Å². The average Bonchev–Trinajstić information content (AvgIpc) is 2.87. The fourth-order valence-electron chi connectivity index (χ4n) is 2.04. The summed E-state index contributed by atoms with van der Waals surface area (Å²) in [7, 11) is 0. The summed E-state index contributed by atoms with van der Waals surface area (Å²) in [5.74, 6) is 1.12. The van der Waals surface area contributed by atoms with Crippen LogP contribution in [0.5, 0.6) is 0 Å². The molecule has 96 valence electrons. The highest BCUT2D eigenvalue weighted by molar-refractivity contribution is 5.71. The number of nitrogens with one attached hydrogen (secondary N) is 1. The molecule has 0 amide bonds. The van der Waals surface area contributed by atoms with Gasteiger partial charge in [0.15, 0.2) is 11.5 Å². The van der Waals surface area contributed by atoms with Crippen molar-refractivity contribution < 1.29 is 0 Å². The SMILES string of the molecule is CCc1cccc(Nc2nc(N)cn3ccnc23)c1. The minimum Gasteiger partial charge on any atom is -0.382 e. The van der Waals surface area contributed by atoms with E-state index in [0.29, 0.717) is 11.6 Å². The lowest BCUT2D eigenvalue weighted by molar-refractivity contribution is 1.13. The molecule has 0 radical (unpaired) electrons. The summed E-state index contributed by atoms with van der Waals surface area (Å²) in [6.07, 6.45) is 6.32. The Hall–Kier alpha value is -2.56. The molecule has 0 aliphatic rings. The first kappa shape index (κ1) is 11.5. The van der Waals surface area contributed by atoms with Gasteiger partial charge in [-0.1, -0.05) is 19.1 Å². The molecule has 0 atom stereocenters. The monoisotopic (exact) mass is 253 g/mol. The van der Waals surface area contributed by atoms with Crippen molar-refractivity contribution in [3.63, 3.8) is 0 Å². The van der Waals surface area contributed by atoms with Crippen molar-refractivity contribution in [3.05, 3.63) is 48.4 Å². The maximum absolute atomic E-state index is 5.79. The third-order valence-electron chi connectivity index (χ3n) is 2.99. The molecule has 19 heavy (non-hydrogen) atoms. The van der Waals surface area contributed by atoms with Crippen LogP contribution >= 0.6 is 0 Å². The van der Waals surface area contributed by atoms with Crippen molar-refractivity contribution in [3.8, 4) is 0 Å². The van der Waals surface area contributed by atoms with Crippen LogP contribution in [0.25, 0.3) is 5.65 Å². The highest BCUT2D eigenvalue weighted by Crippen LogP contribution is 2.21. The molecule has 0 fully saturated rings. The molecule has 0 aliphatic carbocycles. The van der Waals surface area contributed by atoms with Gasteiger partial charge in [-0.15, -0.1) is 0 Å². The van der Waals surface area contributed by atoms with Crippen LogP contribution in [0.4, 0.5) is 17.3 Å². The average molecular weight is 253 g/mol. The van der Waals surface area contributed by atoms with Gasteiger partial charge in [0.25, 0.3) is 0 Å². The van der Waals surface area contributed by atoms with Crippen molar-refractivity contribution in [1.82, 2.24) is 14.4 Å². The summed E-state index contributed by atoms with van der Waals surface area (Å²) in [6.45, 7) is 2.13. The van der Waals surface area contributed by atoms with Crippen molar-refractivity contribution >= 4 is 23.0 Å². The summed E-state index contributed by atoms with van der Waals surface area (Å²) in [6, 6.07) is 8.23. The third-order valence-corrected chi connectivity index (χ3v) is 2.99. The number of hydrogen-bond donors (Lipinski definition) is 2. The maximum Gasteiger partial charge on any atom is 0.180 e. The van der Waals surface area contributed by atoms with E-state index in [9.17, 15) is 0 Å². The predicted octanol–water partition coefficient (Wildman–Crippen LogP) is 2.62. The van der Waals surface area contributed by atoms with Gasteiger partial charge < -0.3 is 15.5 Å². The summed E-state index contributed by atoms with van der Waals surface area (Å²) in [5, 5.41) is 3.27. The van der Waals surface area contributed by atoms with E-state index in [0.717, 1.165) is 17.8 Å². The number of benzene rings is 1. The highest BCUT2D eigenvalue weighted by Gasteiger charge is 2.06. The van der Waals surface area contributed by atoms with E-state index >= 15 is 0 Å². The first-order valence-electron chi connectivity index (χ1n) is 6.21. The molecule has 5 nitrogen and oxygen atoms in total. The first-order chi connectivity index (χ1) is 9.26. The minimum atomic E-state index is 0.458. The van der Waals surface area contributed by atoms with Crippen LogP contribution in [0, 0.1) is 0 Å². The largest absolute Gasteiger partial charge is 0.382 e. The van der Waals surface area contributed by atoms with Crippen LogP contribution < -0.4 is 11.1 Å². The molecule has 0 unspecified atom stereocenters.